The summed E-state index contributed by atoms with van der Waals surface area (Å²) in [6.45, 7) is 11.4. The molecule has 2 saturated heterocycles. The molecule has 0 aromatic carbocycles. The second-order valence-corrected chi connectivity index (χ2v) is 6.58. The Hall–Kier alpha value is -1.30. The lowest BCUT2D eigenvalue weighted by atomic mass is 10.0. The van der Waals surface area contributed by atoms with Crippen LogP contribution in [0.4, 0.5) is 4.79 Å². The molecule has 2 fully saturated rings. The van der Waals surface area contributed by atoms with E-state index in [0.717, 1.165) is 13.1 Å². The average Bonchev–Trinajstić information content (AvgIpc) is 3.01. The van der Waals surface area contributed by atoms with Crippen molar-refractivity contribution < 1.29 is 9.59 Å². The van der Waals surface area contributed by atoms with Gasteiger partial charge in [0, 0.05) is 32.7 Å². The number of carbonyl (C=O) groups is 2. The van der Waals surface area contributed by atoms with E-state index in [2.05, 4.69) is 24.1 Å². The van der Waals surface area contributed by atoms with Crippen LogP contribution in [0.3, 0.4) is 0 Å². The second-order valence-electron chi connectivity index (χ2n) is 6.58. The van der Waals surface area contributed by atoms with E-state index < -0.39 is 0 Å². The van der Waals surface area contributed by atoms with E-state index in [1.807, 2.05) is 11.8 Å². The Bertz CT molecular complexity index is 386. The lowest BCUT2D eigenvalue weighted by Crippen LogP contribution is -2.57. The Labute approximate surface area is 133 Å². The summed E-state index contributed by atoms with van der Waals surface area (Å²) in [5.74, 6) is 0.569. The fourth-order valence-electron chi connectivity index (χ4n) is 3.46. The first-order valence-corrected chi connectivity index (χ1v) is 8.60. The first kappa shape index (κ1) is 17.1. The average molecular weight is 310 g/mol. The number of urea groups is 1. The Balaban J connectivity index is 1.91. The summed E-state index contributed by atoms with van der Waals surface area (Å²) < 4.78 is 0. The molecule has 0 aromatic rings. The molecule has 1 N–H and O–H groups in total. The molecule has 3 amide bonds. The van der Waals surface area contributed by atoms with Crippen LogP contribution >= 0.6 is 0 Å². The Morgan fingerprint density at radius 3 is 2.00 bits per heavy atom. The summed E-state index contributed by atoms with van der Waals surface area (Å²) >= 11 is 0. The van der Waals surface area contributed by atoms with E-state index in [0.29, 0.717) is 38.6 Å². The molecule has 0 unspecified atom stereocenters. The molecule has 0 spiro atoms. The predicted molar refractivity (Wildman–Crippen MR) is 86.7 cm³/mol. The highest BCUT2D eigenvalue weighted by molar-refractivity contribution is 5.82. The third-order valence-electron chi connectivity index (χ3n) is 4.63. The molecular weight excluding hydrogens is 280 g/mol. The summed E-state index contributed by atoms with van der Waals surface area (Å²) in [4.78, 5) is 30.8. The molecule has 2 rings (SSSR count). The van der Waals surface area contributed by atoms with Gasteiger partial charge in [-0.2, -0.15) is 0 Å². The molecule has 6 heteroatoms. The van der Waals surface area contributed by atoms with Gasteiger partial charge >= 0.3 is 6.03 Å². The number of hydrogen-bond acceptors (Lipinski definition) is 3. The van der Waals surface area contributed by atoms with E-state index in [9.17, 15) is 9.59 Å². The molecule has 2 heterocycles. The number of rotatable bonds is 4. The third-order valence-corrected chi connectivity index (χ3v) is 4.63. The van der Waals surface area contributed by atoms with Gasteiger partial charge in [0.25, 0.3) is 0 Å². The van der Waals surface area contributed by atoms with Crippen molar-refractivity contribution in [1.29, 1.82) is 0 Å². The highest BCUT2D eigenvalue weighted by Crippen LogP contribution is 2.20. The molecule has 1 atom stereocenters. The molecule has 126 valence electrons. The Morgan fingerprint density at radius 1 is 0.955 bits per heavy atom. The number of piperazine rings is 1. The van der Waals surface area contributed by atoms with Crippen LogP contribution in [-0.4, -0.2) is 78.5 Å². The van der Waals surface area contributed by atoms with Crippen LogP contribution < -0.4 is 5.32 Å². The summed E-state index contributed by atoms with van der Waals surface area (Å²) in [5, 5.41) is 2.82. The van der Waals surface area contributed by atoms with E-state index in [1.165, 1.54) is 12.8 Å². The maximum Gasteiger partial charge on any atom is 0.317 e. The zero-order valence-corrected chi connectivity index (χ0v) is 14.2. The molecule has 22 heavy (non-hydrogen) atoms. The van der Waals surface area contributed by atoms with Crippen LogP contribution in [0.1, 0.15) is 33.6 Å². The van der Waals surface area contributed by atoms with Gasteiger partial charge < -0.3 is 15.1 Å². The van der Waals surface area contributed by atoms with Gasteiger partial charge in [-0.1, -0.05) is 13.8 Å². The van der Waals surface area contributed by atoms with E-state index in [1.54, 1.807) is 4.90 Å². The molecule has 2 aliphatic rings. The van der Waals surface area contributed by atoms with Crippen molar-refractivity contribution in [3.8, 4) is 0 Å². The van der Waals surface area contributed by atoms with Crippen LogP contribution in [0.15, 0.2) is 0 Å². The number of nitrogens with one attached hydrogen (secondary N) is 1. The molecule has 2 aliphatic heterocycles. The van der Waals surface area contributed by atoms with Gasteiger partial charge in [-0.05, 0) is 38.8 Å². The Kier molecular flexibility index (Phi) is 6.06. The summed E-state index contributed by atoms with van der Waals surface area (Å²) in [7, 11) is 0. The van der Waals surface area contributed by atoms with E-state index in [-0.39, 0.29) is 18.0 Å². The molecule has 0 saturated carbocycles. The van der Waals surface area contributed by atoms with E-state index in [4.69, 9.17) is 0 Å². The van der Waals surface area contributed by atoms with Crippen LogP contribution in [0.5, 0.6) is 0 Å². The van der Waals surface area contributed by atoms with Crippen molar-refractivity contribution in [2.45, 2.75) is 39.7 Å². The van der Waals surface area contributed by atoms with Gasteiger partial charge in [-0.3, -0.25) is 9.69 Å². The Morgan fingerprint density at radius 2 is 1.50 bits per heavy atom. The summed E-state index contributed by atoms with van der Waals surface area (Å²) in [5.41, 5.74) is 0. The second kappa shape index (κ2) is 7.81. The smallest absolute Gasteiger partial charge is 0.317 e. The SMILES string of the molecule is CCNC(=O)N1CCN(C(=O)[C@@H](C(C)C)N2CCCC2)CC1. The lowest BCUT2D eigenvalue weighted by molar-refractivity contribution is -0.139. The molecule has 6 nitrogen and oxygen atoms in total. The lowest BCUT2D eigenvalue weighted by Gasteiger charge is -2.39. The minimum Gasteiger partial charge on any atom is -0.338 e. The quantitative estimate of drug-likeness (QED) is 0.842. The van der Waals surface area contributed by atoms with Gasteiger partial charge in [-0.25, -0.2) is 4.79 Å². The molecular formula is C16H30N4O2. The highest BCUT2D eigenvalue weighted by atomic mass is 16.2. The maximum atomic E-state index is 12.9. The van der Waals surface area contributed by atoms with Crippen molar-refractivity contribution in [3.63, 3.8) is 0 Å². The maximum absolute atomic E-state index is 12.9. The van der Waals surface area contributed by atoms with Crippen LogP contribution in [-0.2, 0) is 4.79 Å². The molecule has 0 radical (unpaired) electrons. The topological polar surface area (TPSA) is 55.9 Å². The van der Waals surface area contributed by atoms with Gasteiger partial charge in [0.2, 0.25) is 5.91 Å². The third kappa shape index (κ3) is 3.91. The first-order chi connectivity index (χ1) is 10.5. The number of nitrogens with zero attached hydrogens (tertiary/aromatic N) is 3. The van der Waals surface area contributed by atoms with Crippen LogP contribution in [0.2, 0.25) is 0 Å². The van der Waals surface area contributed by atoms with Gasteiger partial charge in [0.05, 0.1) is 6.04 Å². The number of likely N-dealkylation sites (tertiary alicyclic amines) is 1. The van der Waals surface area contributed by atoms with Gasteiger partial charge in [-0.15, -0.1) is 0 Å². The van der Waals surface area contributed by atoms with Crippen molar-refractivity contribution >= 4 is 11.9 Å². The summed E-state index contributed by atoms with van der Waals surface area (Å²) in [6, 6.07) is -0.0203. The van der Waals surface area contributed by atoms with E-state index >= 15 is 0 Å². The minimum absolute atomic E-state index is 0.00137. The standard InChI is InChI=1S/C16H30N4O2/c1-4-17-16(22)20-11-9-19(10-12-20)15(21)14(13(2)3)18-7-5-6-8-18/h13-14H,4-12H2,1-3H3,(H,17,22)/t14-/m1/s1. The largest absolute Gasteiger partial charge is 0.338 e. The number of amides is 3. The molecule has 0 bridgehead atoms. The molecule has 0 aliphatic carbocycles. The van der Waals surface area contributed by atoms with Gasteiger partial charge in [0.15, 0.2) is 0 Å². The normalized spacial score (nSPS) is 21.3. The van der Waals surface area contributed by atoms with Crippen LogP contribution in [0.25, 0.3) is 0 Å². The highest BCUT2D eigenvalue weighted by Gasteiger charge is 2.35. The first-order valence-electron chi connectivity index (χ1n) is 8.60. The zero-order chi connectivity index (χ0) is 16.1. The molecule has 0 aromatic heterocycles. The van der Waals surface area contributed by atoms with Crippen molar-refractivity contribution in [2.24, 2.45) is 5.92 Å². The van der Waals surface area contributed by atoms with Gasteiger partial charge in [0.1, 0.15) is 0 Å². The van der Waals surface area contributed by atoms with Crippen LogP contribution in [0, 0.1) is 5.92 Å². The fourth-order valence-corrected chi connectivity index (χ4v) is 3.46. The van der Waals surface area contributed by atoms with Crippen molar-refractivity contribution in [2.75, 3.05) is 45.8 Å². The monoisotopic (exact) mass is 310 g/mol. The predicted octanol–water partition coefficient (Wildman–Crippen LogP) is 0.981. The fraction of sp³-hybridized carbons (Fsp3) is 0.875. The zero-order valence-electron chi connectivity index (χ0n) is 14.2. The summed E-state index contributed by atoms with van der Waals surface area (Å²) in [6.07, 6.45) is 2.39. The van der Waals surface area contributed by atoms with Crippen molar-refractivity contribution in [3.05, 3.63) is 0 Å². The van der Waals surface area contributed by atoms with Crippen molar-refractivity contribution in [1.82, 2.24) is 20.0 Å². The number of carbonyl (C=O) groups excluding carboxylic acids is 2. The minimum atomic E-state index is -0.0189. The number of hydrogen-bond donors (Lipinski definition) is 1.